The summed E-state index contributed by atoms with van der Waals surface area (Å²) >= 11 is 0. The van der Waals surface area contributed by atoms with Gasteiger partial charge in [0.2, 0.25) is 0 Å². The molecule has 0 N–H and O–H groups in total. The van der Waals surface area contributed by atoms with Gasteiger partial charge in [-0.3, -0.25) is 4.79 Å². The lowest BCUT2D eigenvalue weighted by atomic mass is 9.80. The minimum Gasteiger partial charge on any atom is -0.469 e. The molecular weight excluding hydrogens is 238 g/mol. The van der Waals surface area contributed by atoms with Crippen molar-refractivity contribution in [2.75, 3.05) is 27.2 Å². The summed E-state index contributed by atoms with van der Waals surface area (Å²) < 4.78 is 4.94. The Morgan fingerprint density at radius 1 is 1.42 bits per heavy atom. The predicted molar refractivity (Wildman–Crippen MR) is 74.7 cm³/mol. The predicted octanol–water partition coefficient (Wildman–Crippen LogP) is 1.88. The maximum absolute atomic E-state index is 11.9. The van der Waals surface area contributed by atoms with Crippen LogP contribution in [0.5, 0.6) is 0 Å². The maximum atomic E-state index is 11.9. The Morgan fingerprint density at radius 3 is 2.68 bits per heavy atom. The maximum Gasteiger partial charge on any atom is 0.310 e. The average Bonchev–Trinajstić information content (AvgIpc) is 2.46. The summed E-state index contributed by atoms with van der Waals surface area (Å²) in [5.74, 6) is 2.60. The Balaban J connectivity index is 2.24. The molecule has 1 aliphatic heterocycles. The number of benzene rings is 1. The first kappa shape index (κ1) is 13.6. The van der Waals surface area contributed by atoms with Gasteiger partial charge in [0, 0.05) is 12.1 Å². The zero-order chi connectivity index (χ0) is 13.8. The third kappa shape index (κ3) is 2.97. The first-order valence-corrected chi connectivity index (χ1v) is 6.48. The molecule has 1 heterocycles. The summed E-state index contributed by atoms with van der Waals surface area (Å²) in [6.07, 6.45) is 6.33. The van der Waals surface area contributed by atoms with Gasteiger partial charge < -0.3 is 9.64 Å². The summed E-state index contributed by atoms with van der Waals surface area (Å²) in [5, 5.41) is 0. The van der Waals surface area contributed by atoms with E-state index in [2.05, 4.69) is 10.8 Å². The van der Waals surface area contributed by atoms with E-state index in [1.54, 1.807) is 0 Å². The summed E-state index contributed by atoms with van der Waals surface area (Å²) in [6.45, 7) is 1.74. The van der Waals surface area contributed by atoms with Crippen LogP contribution in [-0.2, 0) is 9.53 Å². The second kappa shape index (κ2) is 5.90. The third-order valence-corrected chi connectivity index (χ3v) is 3.83. The molecule has 0 bridgehead atoms. The van der Waals surface area contributed by atoms with Gasteiger partial charge in [0.25, 0.3) is 0 Å². The molecule has 1 fully saturated rings. The highest BCUT2D eigenvalue weighted by molar-refractivity contribution is 5.74. The van der Waals surface area contributed by atoms with Gasteiger partial charge in [-0.15, -0.1) is 6.42 Å². The fraction of sp³-hybridized carbons (Fsp3) is 0.438. The Kier molecular flexibility index (Phi) is 4.24. The van der Waals surface area contributed by atoms with Gasteiger partial charge in [0.1, 0.15) is 0 Å². The number of piperidine rings is 1. The third-order valence-electron chi connectivity index (χ3n) is 3.83. The van der Waals surface area contributed by atoms with Crippen molar-refractivity contribution in [1.29, 1.82) is 0 Å². The highest BCUT2D eigenvalue weighted by atomic mass is 16.5. The number of hydrogen-bond donors (Lipinski definition) is 0. The molecule has 19 heavy (non-hydrogen) atoms. The van der Waals surface area contributed by atoms with Gasteiger partial charge in [-0.2, -0.15) is 0 Å². The molecular formula is C16H19NO2. The molecule has 0 radical (unpaired) electrons. The number of terminal acetylenes is 1. The van der Waals surface area contributed by atoms with Crippen LogP contribution < -0.4 is 0 Å². The second-order valence-corrected chi connectivity index (χ2v) is 5.05. The molecule has 1 aliphatic rings. The number of carbonyl (C=O) groups is 1. The molecule has 0 spiro atoms. The molecule has 0 unspecified atom stereocenters. The molecule has 3 nitrogen and oxygen atoms in total. The lowest BCUT2D eigenvalue weighted by molar-refractivity contribution is -0.148. The van der Waals surface area contributed by atoms with Gasteiger partial charge in [-0.1, -0.05) is 18.1 Å². The summed E-state index contributed by atoms with van der Waals surface area (Å²) in [4.78, 5) is 14.1. The quantitative estimate of drug-likeness (QED) is 0.598. The standard InChI is InChI=1S/C16H19NO2/c1-4-12-5-7-13(8-6-12)14-9-10-17(2)11-15(14)16(18)19-3/h1,5-8,14-15H,9-11H2,2-3H3/t14-,15-/m1/s1. The smallest absolute Gasteiger partial charge is 0.310 e. The average molecular weight is 257 g/mol. The lowest BCUT2D eigenvalue weighted by Gasteiger charge is -2.35. The molecule has 0 aromatic heterocycles. The van der Waals surface area contributed by atoms with Crippen LogP contribution in [0.4, 0.5) is 0 Å². The van der Waals surface area contributed by atoms with Gasteiger partial charge in [-0.25, -0.2) is 0 Å². The van der Waals surface area contributed by atoms with Crippen LogP contribution in [0.1, 0.15) is 23.5 Å². The van der Waals surface area contributed by atoms with Crippen molar-refractivity contribution in [2.24, 2.45) is 5.92 Å². The topological polar surface area (TPSA) is 29.5 Å². The number of rotatable bonds is 2. The van der Waals surface area contributed by atoms with Crippen molar-refractivity contribution in [3.63, 3.8) is 0 Å². The largest absolute Gasteiger partial charge is 0.469 e. The van der Waals surface area contributed by atoms with Crippen LogP contribution in [0.15, 0.2) is 24.3 Å². The number of hydrogen-bond acceptors (Lipinski definition) is 3. The molecule has 2 atom stereocenters. The van der Waals surface area contributed by atoms with Crippen molar-refractivity contribution >= 4 is 5.97 Å². The van der Waals surface area contributed by atoms with Crippen LogP contribution in [0.3, 0.4) is 0 Å². The number of likely N-dealkylation sites (tertiary alicyclic amines) is 1. The number of methoxy groups -OCH3 is 1. The van der Waals surface area contributed by atoms with E-state index in [-0.39, 0.29) is 17.8 Å². The summed E-state index contributed by atoms with van der Waals surface area (Å²) in [7, 11) is 3.49. The fourth-order valence-corrected chi connectivity index (χ4v) is 2.73. The molecule has 0 amide bonds. The number of carbonyl (C=O) groups excluding carboxylic acids is 1. The van der Waals surface area contributed by atoms with Crippen LogP contribution in [0, 0.1) is 18.3 Å². The van der Waals surface area contributed by atoms with Gasteiger partial charge in [0.15, 0.2) is 0 Å². The molecule has 2 rings (SSSR count). The zero-order valence-electron chi connectivity index (χ0n) is 11.4. The lowest BCUT2D eigenvalue weighted by Crippen LogP contribution is -2.41. The minimum atomic E-state index is -0.127. The zero-order valence-corrected chi connectivity index (χ0v) is 11.4. The number of ether oxygens (including phenoxy) is 1. The molecule has 3 heteroatoms. The fourth-order valence-electron chi connectivity index (χ4n) is 2.73. The van der Waals surface area contributed by atoms with Crippen molar-refractivity contribution in [2.45, 2.75) is 12.3 Å². The Labute approximate surface area is 114 Å². The van der Waals surface area contributed by atoms with E-state index in [0.29, 0.717) is 0 Å². The van der Waals surface area contributed by atoms with Crippen LogP contribution in [0.2, 0.25) is 0 Å². The number of nitrogens with zero attached hydrogens (tertiary/aromatic N) is 1. The van der Waals surface area contributed by atoms with E-state index in [0.717, 1.165) is 25.1 Å². The minimum absolute atomic E-state index is 0.0968. The highest BCUT2D eigenvalue weighted by Crippen LogP contribution is 2.33. The molecule has 100 valence electrons. The highest BCUT2D eigenvalue weighted by Gasteiger charge is 2.34. The Bertz CT molecular complexity index is 486. The van der Waals surface area contributed by atoms with Gasteiger partial charge in [0.05, 0.1) is 13.0 Å². The van der Waals surface area contributed by atoms with E-state index >= 15 is 0 Å². The monoisotopic (exact) mass is 257 g/mol. The van der Waals surface area contributed by atoms with Crippen LogP contribution in [-0.4, -0.2) is 38.1 Å². The summed E-state index contributed by atoms with van der Waals surface area (Å²) in [6, 6.07) is 7.92. The SMILES string of the molecule is C#Cc1ccc([C@H]2CCN(C)C[C@H]2C(=O)OC)cc1. The first-order valence-electron chi connectivity index (χ1n) is 6.48. The van der Waals surface area contributed by atoms with Gasteiger partial charge >= 0.3 is 5.97 Å². The van der Waals surface area contributed by atoms with E-state index in [9.17, 15) is 4.79 Å². The summed E-state index contributed by atoms with van der Waals surface area (Å²) in [5.41, 5.74) is 2.04. The van der Waals surface area contributed by atoms with Crippen molar-refractivity contribution in [1.82, 2.24) is 4.90 Å². The van der Waals surface area contributed by atoms with Crippen LogP contribution >= 0.6 is 0 Å². The van der Waals surface area contributed by atoms with E-state index in [1.165, 1.54) is 12.7 Å². The first-order chi connectivity index (χ1) is 9.15. The van der Waals surface area contributed by atoms with E-state index in [1.807, 2.05) is 31.3 Å². The van der Waals surface area contributed by atoms with Crippen LogP contribution in [0.25, 0.3) is 0 Å². The number of esters is 1. The van der Waals surface area contributed by atoms with Gasteiger partial charge in [-0.05, 0) is 43.6 Å². The Hall–Kier alpha value is -1.79. The molecule has 1 aromatic carbocycles. The molecule has 1 saturated heterocycles. The van der Waals surface area contributed by atoms with Crippen molar-refractivity contribution < 1.29 is 9.53 Å². The van der Waals surface area contributed by atoms with Crippen molar-refractivity contribution in [3.05, 3.63) is 35.4 Å². The second-order valence-electron chi connectivity index (χ2n) is 5.05. The molecule has 0 saturated carbocycles. The Morgan fingerprint density at radius 2 is 2.11 bits per heavy atom. The molecule has 0 aliphatic carbocycles. The molecule has 1 aromatic rings. The van der Waals surface area contributed by atoms with E-state index < -0.39 is 0 Å². The normalized spacial score (nSPS) is 23.6. The van der Waals surface area contributed by atoms with E-state index in [4.69, 9.17) is 11.2 Å². The van der Waals surface area contributed by atoms with Crippen molar-refractivity contribution in [3.8, 4) is 12.3 Å².